The standard InChI is InChI=1S/3C2H4O2.Na.H3O4Si/c3*1-2(3)4;;1-5(2,3)4/h3*1H3,(H,3,4);;1-3H/q;;;+1;-1. The Balaban J connectivity index is -0.0000000412. The van der Waals surface area contributed by atoms with Crippen molar-refractivity contribution in [1.29, 1.82) is 0 Å². The first kappa shape index (κ1) is 30.5. The first-order chi connectivity index (χ1) is 7.20. The summed E-state index contributed by atoms with van der Waals surface area (Å²) >= 11 is 0. The smallest absolute Gasteiger partial charge is 0.794 e. The van der Waals surface area contributed by atoms with Gasteiger partial charge in [-0.1, -0.05) is 0 Å². The van der Waals surface area contributed by atoms with E-state index in [1.807, 2.05) is 0 Å². The van der Waals surface area contributed by atoms with Gasteiger partial charge in [0.2, 0.25) is 0 Å². The minimum absolute atomic E-state index is 0. The van der Waals surface area contributed by atoms with Gasteiger partial charge in [0.1, 0.15) is 0 Å². The van der Waals surface area contributed by atoms with Crippen molar-refractivity contribution in [2.45, 2.75) is 20.8 Å². The number of carboxylic acid groups (broad SMARTS) is 3. The van der Waals surface area contributed by atoms with Crippen LogP contribution in [-0.4, -0.2) is 56.7 Å². The summed E-state index contributed by atoms with van der Waals surface area (Å²) in [5.41, 5.74) is 0. The maximum atomic E-state index is 9.00. The summed E-state index contributed by atoms with van der Waals surface area (Å²) in [5, 5.41) is 22.2. The number of carboxylic acids is 3. The van der Waals surface area contributed by atoms with Gasteiger partial charge in [0.15, 0.2) is 0 Å². The maximum Gasteiger partial charge on any atom is 1.00 e. The molecule has 0 bridgehead atoms. The second-order valence-electron chi connectivity index (χ2n) is 2.13. The molecule has 0 aromatic rings. The molecule has 0 aromatic carbocycles. The topological polar surface area (TPSA) is 196 Å². The van der Waals surface area contributed by atoms with E-state index in [9.17, 15) is 0 Å². The molecule has 0 saturated heterocycles. The van der Waals surface area contributed by atoms with Crippen LogP contribution in [0.3, 0.4) is 0 Å². The van der Waals surface area contributed by atoms with Crippen molar-refractivity contribution in [3.05, 3.63) is 0 Å². The summed E-state index contributed by atoms with van der Waals surface area (Å²) in [4.78, 5) is 57.6. The van der Waals surface area contributed by atoms with Crippen LogP contribution < -0.4 is 34.4 Å². The molecule has 0 aromatic heterocycles. The minimum atomic E-state index is -4.86. The van der Waals surface area contributed by atoms with Crippen molar-refractivity contribution >= 4 is 27.0 Å². The van der Waals surface area contributed by atoms with Crippen LogP contribution in [0.25, 0.3) is 0 Å². The van der Waals surface area contributed by atoms with Crippen molar-refractivity contribution in [1.82, 2.24) is 0 Å². The van der Waals surface area contributed by atoms with Crippen LogP contribution in [0.1, 0.15) is 20.8 Å². The number of carbonyl (C=O) groups is 3. The molecule has 0 rings (SSSR count). The Morgan fingerprint density at radius 2 is 0.778 bits per heavy atom. The minimum Gasteiger partial charge on any atom is -0.794 e. The Hall–Kier alpha value is -0.533. The molecule has 0 unspecified atom stereocenters. The van der Waals surface area contributed by atoms with Crippen molar-refractivity contribution in [3.63, 3.8) is 0 Å². The Morgan fingerprint density at radius 3 is 0.778 bits per heavy atom. The number of rotatable bonds is 0. The Kier molecular flexibility index (Phi) is 31.9. The van der Waals surface area contributed by atoms with E-state index in [1.165, 1.54) is 0 Å². The van der Waals surface area contributed by atoms with E-state index in [4.69, 9.17) is 48.9 Å². The Morgan fingerprint density at radius 1 is 0.778 bits per heavy atom. The molecule has 6 N–H and O–H groups in total. The second-order valence-corrected chi connectivity index (χ2v) is 3.28. The SMILES string of the molecule is CC(=O)O.CC(=O)O.CC(=O)O.[Na+].[O-][Si](O)(O)O. The molecule has 12 heteroatoms. The van der Waals surface area contributed by atoms with Gasteiger partial charge < -0.3 is 34.5 Å². The molecule has 104 valence electrons. The molecule has 0 aliphatic rings. The van der Waals surface area contributed by atoms with Gasteiger partial charge >= 0.3 is 38.6 Å². The van der Waals surface area contributed by atoms with E-state index in [2.05, 4.69) is 0 Å². The summed E-state index contributed by atoms with van der Waals surface area (Å²) in [6, 6.07) is 0. The Bertz CT molecular complexity index is 178. The summed E-state index contributed by atoms with van der Waals surface area (Å²) < 4.78 is 0. The van der Waals surface area contributed by atoms with Gasteiger partial charge in [-0.25, -0.2) is 0 Å². The molecule has 10 nitrogen and oxygen atoms in total. The zero-order valence-electron chi connectivity index (χ0n) is 10.3. The van der Waals surface area contributed by atoms with Crippen molar-refractivity contribution in [2.75, 3.05) is 0 Å². The monoisotopic (exact) mass is 298 g/mol. The summed E-state index contributed by atoms with van der Waals surface area (Å²) in [6.07, 6.45) is 0. The van der Waals surface area contributed by atoms with Crippen LogP contribution in [0, 0.1) is 0 Å². The molecule has 18 heavy (non-hydrogen) atoms. The molecule has 0 saturated carbocycles. The molecule has 0 heterocycles. The number of hydrogen-bond donors (Lipinski definition) is 6. The number of aliphatic carboxylic acids is 3. The molecule has 0 aliphatic heterocycles. The van der Waals surface area contributed by atoms with Gasteiger partial charge in [-0.15, -0.1) is 0 Å². The predicted octanol–water partition coefficient (Wildman–Crippen LogP) is -5.96. The van der Waals surface area contributed by atoms with Crippen LogP contribution >= 0.6 is 0 Å². The van der Waals surface area contributed by atoms with Crippen molar-refractivity contribution < 1.29 is 78.4 Å². The molecule has 0 spiro atoms. The summed E-state index contributed by atoms with van der Waals surface area (Å²) in [7, 11) is -4.86. The third-order valence-corrected chi connectivity index (χ3v) is 0. The summed E-state index contributed by atoms with van der Waals surface area (Å²) in [6.45, 7) is 3.25. The quantitative estimate of drug-likeness (QED) is 0.234. The average Bonchev–Trinajstić information content (AvgIpc) is 1.73. The van der Waals surface area contributed by atoms with Crippen LogP contribution in [0.15, 0.2) is 0 Å². The molecule has 0 fully saturated rings. The largest absolute Gasteiger partial charge is 1.00 e. The van der Waals surface area contributed by atoms with Gasteiger partial charge in [-0.2, -0.15) is 0 Å². The fraction of sp³-hybridized carbons (Fsp3) is 0.500. The first-order valence-corrected chi connectivity index (χ1v) is 5.41. The molecule has 0 amide bonds. The van der Waals surface area contributed by atoms with Gasteiger partial charge in [-0.3, -0.25) is 14.4 Å². The third-order valence-electron chi connectivity index (χ3n) is 0. The van der Waals surface area contributed by atoms with E-state index in [-0.39, 0.29) is 29.6 Å². The Labute approximate surface area is 126 Å². The van der Waals surface area contributed by atoms with Crippen LogP contribution in [0.2, 0.25) is 0 Å². The van der Waals surface area contributed by atoms with E-state index < -0.39 is 27.0 Å². The van der Waals surface area contributed by atoms with Gasteiger partial charge in [0.05, 0.1) is 0 Å². The fourth-order valence-electron chi connectivity index (χ4n) is 0. The van der Waals surface area contributed by atoms with E-state index >= 15 is 0 Å². The first-order valence-electron chi connectivity index (χ1n) is 3.66. The number of hydrogen-bond acceptors (Lipinski definition) is 7. The van der Waals surface area contributed by atoms with E-state index in [0.717, 1.165) is 20.8 Å². The fourth-order valence-corrected chi connectivity index (χ4v) is 0. The van der Waals surface area contributed by atoms with Crippen LogP contribution in [0.4, 0.5) is 0 Å². The van der Waals surface area contributed by atoms with Gasteiger partial charge in [-0.05, 0) is 0 Å². The molecule has 0 atom stereocenters. The second kappa shape index (κ2) is 18.8. The predicted molar refractivity (Wildman–Crippen MR) is 52.3 cm³/mol. The molecular formula is C6H15NaO10Si. The van der Waals surface area contributed by atoms with Crippen LogP contribution in [-0.2, 0) is 14.4 Å². The maximum absolute atomic E-state index is 9.00. The molecule has 0 aliphatic carbocycles. The summed E-state index contributed by atoms with van der Waals surface area (Å²) in [5.74, 6) is -2.50. The van der Waals surface area contributed by atoms with Crippen LogP contribution in [0.5, 0.6) is 0 Å². The normalized spacial score (nSPS) is 7.50. The zero-order chi connectivity index (χ0) is 15.2. The van der Waals surface area contributed by atoms with Crippen molar-refractivity contribution in [2.24, 2.45) is 0 Å². The molecule has 0 radical (unpaired) electrons. The van der Waals surface area contributed by atoms with Gasteiger partial charge in [0.25, 0.3) is 17.9 Å². The van der Waals surface area contributed by atoms with E-state index in [1.54, 1.807) is 0 Å². The zero-order valence-corrected chi connectivity index (χ0v) is 13.3. The molecular weight excluding hydrogens is 283 g/mol. The third kappa shape index (κ3) is 11400. The average molecular weight is 298 g/mol. The van der Waals surface area contributed by atoms with Crippen molar-refractivity contribution in [3.8, 4) is 0 Å². The van der Waals surface area contributed by atoms with E-state index in [0.29, 0.717) is 0 Å². The van der Waals surface area contributed by atoms with Gasteiger partial charge in [0, 0.05) is 20.8 Å².